The number of thiophene rings is 1. The van der Waals surface area contributed by atoms with Crippen LogP contribution >= 0.6 is 22.9 Å². The average molecular weight is 399 g/mol. The van der Waals surface area contributed by atoms with E-state index in [1.807, 2.05) is 0 Å². The van der Waals surface area contributed by atoms with Gasteiger partial charge in [-0.15, -0.1) is 11.3 Å². The molecule has 3 rings (SSSR count). The lowest BCUT2D eigenvalue weighted by atomic mass is 10.2. The number of aryl methyl sites for hydroxylation is 1. The average Bonchev–Trinajstić information content (AvgIpc) is 3.17. The Labute approximate surface area is 153 Å². The number of ether oxygens (including phenoxy) is 1. The van der Waals surface area contributed by atoms with E-state index in [4.69, 9.17) is 16.3 Å². The van der Waals surface area contributed by atoms with Gasteiger partial charge in [0.2, 0.25) is 0 Å². The van der Waals surface area contributed by atoms with Crippen LogP contribution in [0.25, 0.3) is 10.9 Å². The highest BCUT2D eigenvalue weighted by Gasteiger charge is 2.22. The minimum absolute atomic E-state index is 0.197. The Morgan fingerprint density at radius 1 is 1.36 bits per heavy atom. The summed E-state index contributed by atoms with van der Waals surface area (Å²) in [6.07, 6.45) is 0. The summed E-state index contributed by atoms with van der Waals surface area (Å²) in [6, 6.07) is 6.60. The van der Waals surface area contributed by atoms with Crippen molar-refractivity contribution >= 4 is 55.5 Å². The van der Waals surface area contributed by atoms with Crippen molar-refractivity contribution in [1.82, 2.24) is 4.98 Å². The van der Waals surface area contributed by atoms with Crippen molar-refractivity contribution in [2.24, 2.45) is 0 Å². The van der Waals surface area contributed by atoms with Crippen LogP contribution in [0.15, 0.2) is 33.9 Å². The molecule has 3 aromatic rings. The zero-order valence-corrected chi connectivity index (χ0v) is 15.8. The van der Waals surface area contributed by atoms with E-state index in [0.717, 1.165) is 11.3 Å². The van der Waals surface area contributed by atoms with Gasteiger partial charge in [-0.25, -0.2) is 13.2 Å². The summed E-state index contributed by atoms with van der Waals surface area (Å²) in [5.74, 6) is -0.516. The van der Waals surface area contributed by atoms with E-state index in [1.54, 1.807) is 43.5 Å². The Hall–Kier alpha value is -2.03. The Balaban J connectivity index is 2.08. The first-order valence-corrected chi connectivity index (χ1v) is 10.1. The number of aromatic amines is 1. The summed E-state index contributed by atoms with van der Waals surface area (Å²) in [5.41, 5.74) is 1.50. The Bertz CT molecular complexity index is 1050. The highest BCUT2D eigenvalue weighted by molar-refractivity contribution is 7.94. The molecule has 2 aromatic heterocycles. The first-order chi connectivity index (χ1) is 11.8. The molecule has 0 saturated heterocycles. The first-order valence-electron chi connectivity index (χ1n) is 7.38. The molecule has 2 N–H and O–H groups in total. The maximum absolute atomic E-state index is 12.7. The number of anilines is 1. The topological polar surface area (TPSA) is 88.3 Å². The van der Waals surface area contributed by atoms with E-state index in [0.29, 0.717) is 16.5 Å². The lowest BCUT2D eigenvalue weighted by molar-refractivity contribution is 0.0520. The minimum Gasteiger partial charge on any atom is -0.461 e. The second kappa shape index (κ2) is 6.70. The number of aromatic nitrogens is 1. The number of nitrogens with one attached hydrogen (secondary N) is 2. The number of benzene rings is 1. The predicted molar refractivity (Wildman–Crippen MR) is 99.1 cm³/mol. The third-order valence-corrected chi connectivity index (χ3v) is 6.89. The molecule has 25 heavy (non-hydrogen) atoms. The summed E-state index contributed by atoms with van der Waals surface area (Å²) in [5, 5.41) is 2.58. The second-order valence-electron chi connectivity index (χ2n) is 5.29. The summed E-state index contributed by atoms with van der Waals surface area (Å²) in [4.78, 5) is 14.8. The Kier molecular flexibility index (Phi) is 4.77. The number of fused-ring (bicyclic) bond motifs is 1. The van der Waals surface area contributed by atoms with Crippen LogP contribution in [0.5, 0.6) is 0 Å². The fourth-order valence-corrected chi connectivity index (χ4v) is 5.18. The molecule has 0 unspecified atom stereocenters. The third-order valence-electron chi connectivity index (χ3n) is 3.54. The monoisotopic (exact) mass is 398 g/mol. The summed E-state index contributed by atoms with van der Waals surface area (Å²) in [6.45, 7) is 3.67. The number of rotatable bonds is 5. The number of H-pyrrole nitrogens is 1. The van der Waals surface area contributed by atoms with Crippen LogP contribution in [0, 0.1) is 6.92 Å². The van der Waals surface area contributed by atoms with E-state index in [1.165, 1.54) is 0 Å². The fraction of sp³-hybridized carbons (Fsp3) is 0.188. The molecule has 0 aliphatic rings. The van der Waals surface area contributed by atoms with E-state index >= 15 is 0 Å². The normalized spacial score (nSPS) is 11.6. The second-order valence-corrected chi connectivity index (χ2v) is 8.49. The number of halogens is 1. The number of sulfonamides is 1. The van der Waals surface area contributed by atoms with Crippen molar-refractivity contribution in [2.75, 3.05) is 11.3 Å². The molecule has 6 nitrogen and oxygen atoms in total. The van der Waals surface area contributed by atoms with Crippen molar-refractivity contribution in [1.29, 1.82) is 0 Å². The van der Waals surface area contributed by atoms with Crippen molar-refractivity contribution in [3.8, 4) is 0 Å². The van der Waals surface area contributed by atoms with Crippen molar-refractivity contribution in [2.45, 2.75) is 18.1 Å². The molecule has 0 amide bonds. The highest BCUT2D eigenvalue weighted by Crippen LogP contribution is 2.34. The van der Waals surface area contributed by atoms with Gasteiger partial charge in [-0.2, -0.15) is 0 Å². The van der Waals surface area contributed by atoms with Gasteiger partial charge in [-0.05, 0) is 43.0 Å². The van der Waals surface area contributed by atoms with Gasteiger partial charge in [0.25, 0.3) is 10.0 Å². The maximum Gasteiger partial charge on any atom is 0.354 e. The molecule has 0 aliphatic heterocycles. The lowest BCUT2D eigenvalue weighted by Gasteiger charge is -2.10. The van der Waals surface area contributed by atoms with E-state index in [2.05, 4.69) is 9.71 Å². The number of esters is 1. The number of carbonyl (C=O) groups is 1. The number of carbonyl (C=O) groups excluding carboxylic acids is 1. The van der Waals surface area contributed by atoms with Gasteiger partial charge < -0.3 is 9.72 Å². The van der Waals surface area contributed by atoms with Crippen LogP contribution in [-0.4, -0.2) is 26.0 Å². The van der Waals surface area contributed by atoms with Crippen LogP contribution in [0.1, 0.15) is 23.0 Å². The largest absolute Gasteiger partial charge is 0.461 e. The van der Waals surface area contributed by atoms with Gasteiger partial charge in [-0.1, -0.05) is 17.7 Å². The van der Waals surface area contributed by atoms with Crippen LogP contribution in [-0.2, 0) is 14.8 Å². The fourth-order valence-electron chi connectivity index (χ4n) is 2.41. The molecule has 0 fully saturated rings. The number of hydrogen-bond acceptors (Lipinski definition) is 5. The molecule has 0 aliphatic carbocycles. The van der Waals surface area contributed by atoms with Crippen LogP contribution < -0.4 is 4.72 Å². The standard InChI is InChI=1S/C16H15ClN2O4S2/c1-3-23-15(20)12-8-10-4-5-11(17)14(13(10)18-12)19-25(21,22)16-9(2)6-7-24-16/h4-8,18-19H,3H2,1-2H3. The minimum atomic E-state index is -3.79. The maximum atomic E-state index is 12.7. The summed E-state index contributed by atoms with van der Waals surface area (Å²) >= 11 is 7.33. The van der Waals surface area contributed by atoms with Crippen LogP contribution in [0.3, 0.4) is 0 Å². The Morgan fingerprint density at radius 2 is 2.12 bits per heavy atom. The van der Waals surface area contributed by atoms with E-state index in [9.17, 15) is 13.2 Å². The van der Waals surface area contributed by atoms with Crippen LogP contribution in [0.2, 0.25) is 5.02 Å². The van der Waals surface area contributed by atoms with Gasteiger partial charge >= 0.3 is 5.97 Å². The van der Waals surface area contributed by atoms with Gasteiger partial charge in [0.05, 0.1) is 22.8 Å². The van der Waals surface area contributed by atoms with Gasteiger partial charge in [0, 0.05) is 5.39 Å². The zero-order chi connectivity index (χ0) is 18.2. The van der Waals surface area contributed by atoms with Crippen LogP contribution in [0.4, 0.5) is 5.69 Å². The zero-order valence-electron chi connectivity index (χ0n) is 13.4. The number of hydrogen-bond donors (Lipinski definition) is 2. The predicted octanol–water partition coefficient (Wildman–Crippen LogP) is 4.17. The van der Waals surface area contributed by atoms with Crippen molar-refractivity contribution in [3.63, 3.8) is 0 Å². The molecule has 0 spiro atoms. The van der Waals surface area contributed by atoms with Crippen molar-refractivity contribution in [3.05, 3.63) is 45.9 Å². The van der Waals surface area contributed by atoms with Gasteiger partial charge in [-0.3, -0.25) is 4.72 Å². The summed E-state index contributed by atoms with van der Waals surface area (Å²) in [7, 11) is -3.79. The lowest BCUT2D eigenvalue weighted by Crippen LogP contribution is -2.13. The Morgan fingerprint density at radius 3 is 2.76 bits per heavy atom. The van der Waals surface area contributed by atoms with Gasteiger partial charge in [0.1, 0.15) is 9.90 Å². The SMILES string of the molecule is CCOC(=O)c1cc2ccc(Cl)c(NS(=O)(=O)c3sccc3C)c2[nH]1. The molecule has 0 saturated carbocycles. The van der Waals surface area contributed by atoms with Crippen molar-refractivity contribution < 1.29 is 17.9 Å². The van der Waals surface area contributed by atoms with E-state index < -0.39 is 16.0 Å². The third kappa shape index (κ3) is 3.37. The molecule has 132 valence electrons. The molecule has 1 aromatic carbocycles. The van der Waals surface area contributed by atoms with Gasteiger partial charge in [0.15, 0.2) is 0 Å². The highest BCUT2D eigenvalue weighted by atomic mass is 35.5. The molecule has 0 bridgehead atoms. The smallest absolute Gasteiger partial charge is 0.354 e. The first kappa shape index (κ1) is 17.8. The molecular formula is C16H15ClN2O4S2. The molecule has 9 heteroatoms. The molecule has 0 radical (unpaired) electrons. The molecular weight excluding hydrogens is 384 g/mol. The van der Waals surface area contributed by atoms with E-state index in [-0.39, 0.29) is 27.2 Å². The summed E-state index contributed by atoms with van der Waals surface area (Å²) < 4.78 is 33.0. The molecule has 2 heterocycles. The molecule has 0 atom stereocenters. The quantitative estimate of drug-likeness (QED) is 0.631.